The minimum absolute atomic E-state index is 0.188. The van der Waals surface area contributed by atoms with Gasteiger partial charge in [0, 0.05) is 5.39 Å². The Morgan fingerprint density at radius 3 is 2.41 bits per heavy atom. The number of para-hydroxylation sites is 1. The zero-order valence-electron chi connectivity index (χ0n) is 15.9. The molecule has 1 atom stereocenters. The number of hydrogen-bond donors (Lipinski definition) is 1. The molecular weight excluding hydrogens is 346 g/mol. The van der Waals surface area contributed by atoms with E-state index in [1.54, 1.807) is 33.5 Å². The van der Waals surface area contributed by atoms with Crippen LogP contribution in [-0.2, 0) is 0 Å². The van der Waals surface area contributed by atoms with Gasteiger partial charge < -0.3 is 23.9 Å². The van der Waals surface area contributed by atoms with E-state index in [1.807, 2.05) is 37.3 Å². The van der Waals surface area contributed by atoms with E-state index in [4.69, 9.17) is 18.6 Å². The molecule has 0 saturated carbocycles. The lowest BCUT2D eigenvalue weighted by molar-refractivity contribution is 0.0909. The molecule has 0 spiro atoms. The van der Waals surface area contributed by atoms with Crippen molar-refractivity contribution in [2.24, 2.45) is 0 Å². The predicted molar refractivity (Wildman–Crippen MR) is 103 cm³/mol. The number of rotatable bonds is 7. The largest absolute Gasteiger partial charge is 0.493 e. The van der Waals surface area contributed by atoms with Crippen LogP contribution in [0.3, 0.4) is 0 Å². The van der Waals surface area contributed by atoms with Crippen LogP contribution in [0, 0.1) is 0 Å². The van der Waals surface area contributed by atoms with Crippen LogP contribution in [0.4, 0.5) is 0 Å². The summed E-state index contributed by atoms with van der Waals surface area (Å²) in [4.78, 5) is 12.7. The standard InChI is InChI=1S/C21H23NO5/c1-5-15(13-9-10-16(24-2)18(11-13)26-4)22-21(23)19-12-14-7-6-8-17(25-3)20(14)27-19/h6-12,15H,5H2,1-4H3,(H,22,23). The summed E-state index contributed by atoms with van der Waals surface area (Å²) in [7, 11) is 4.75. The third-order valence-corrected chi connectivity index (χ3v) is 4.48. The summed E-state index contributed by atoms with van der Waals surface area (Å²) in [6.45, 7) is 2.00. The van der Waals surface area contributed by atoms with Crippen LogP contribution in [0.2, 0.25) is 0 Å². The Labute approximate surface area is 158 Å². The second-order valence-electron chi connectivity index (χ2n) is 6.04. The average Bonchev–Trinajstić information content (AvgIpc) is 3.15. The second kappa shape index (κ2) is 8.03. The first-order valence-electron chi connectivity index (χ1n) is 8.70. The number of fused-ring (bicyclic) bond motifs is 1. The fourth-order valence-corrected chi connectivity index (χ4v) is 3.03. The van der Waals surface area contributed by atoms with Gasteiger partial charge in [0.25, 0.3) is 5.91 Å². The van der Waals surface area contributed by atoms with Crippen molar-refractivity contribution < 1.29 is 23.4 Å². The van der Waals surface area contributed by atoms with Crippen molar-refractivity contribution in [1.82, 2.24) is 5.32 Å². The summed E-state index contributed by atoms with van der Waals surface area (Å²) < 4.78 is 21.6. The van der Waals surface area contributed by atoms with Gasteiger partial charge in [-0.25, -0.2) is 0 Å². The molecule has 0 radical (unpaired) electrons. The van der Waals surface area contributed by atoms with Gasteiger partial charge in [-0.2, -0.15) is 0 Å². The Hall–Kier alpha value is -3.15. The summed E-state index contributed by atoms with van der Waals surface area (Å²) in [6, 6.07) is 12.7. The topological polar surface area (TPSA) is 69.9 Å². The van der Waals surface area contributed by atoms with Gasteiger partial charge in [-0.1, -0.05) is 25.1 Å². The fourth-order valence-electron chi connectivity index (χ4n) is 3.03. The molecule has 0 aliphatic rings. The second-order valence-corrected chi connectivity index (χ2v) is 6.04. The molecule has 142 valence electrons. The van der Waals surface area contributed by atoms with Gasteiger partial charge in [0.2, 0.25) is 0 Å². The molecule has 1 amide bonds. The summed E-state index contributed by atoms with van der Waals surface area (Å²) in [5.74, 6) is 1.82. The number of benzene rings is 2. The first kappa shape index (κ1) is 18.6. The maximum absolute atomic E-state index is 12.7. The molecule has 0 saturated heterocycles. The molecule has 6 nitrogen and oxygen atoms in total. The molecule has 0 aliphatic carbocycles. The lowest BCUT2D eigenvalue weighted by Gasteiger charge is -2.18. The van der Waals surface area contributed by atoms with E-state index < -0.39 is 0 Å². The number of ether oxygens (including phenoxy) is 3. The van der Waals surface area contributed by atoms with Gasteiger partial charge in [-0.15, -0.1) is 0 Å². The molecule has 0 fully saturated rings. The van der Waals surface area contributed by atoms with Crippen molar-refractivity contribution in [3.63, 3.8) is 0 Å². The third-order valence-electron chi connectivity index (χ3n) is 4.48. The minimum atomic E-state index is -0.283. The van der Waals surface area contributed by atoms with Crippen molar-refractivity contribution in [2.45, 2.75) is 19.4 Å². The van der Waals surface area contributed by atoms with Crippen LogP contribution in [0.15, 0.2) is 46.9 Å². The number of methoxy groups -OCH3 is 3. The number of carbonyl (C=O) groups is 1. The summed E-state index contributed by atoms with van der Waals surface area (Å²) in [5, 5.41) is 3.83. The predicted octanol–water partition coefficient (Wildman–Crippen LogP) is 4.34. The highest BCUT2D eigenvalue weighted by atomic mass is 16.5. The average molecular weight is 369 g/mol. The number of carbonyl (C=O) groups excluding carboxylic acids is 1. The molecule has 1 heterocycles. The summed E-state index contributed by atoms with van der Waals surface area (Å²) >= 11 is 0. The highest BCUT2D eigenvalue weighted by molar-refractivity contribution is 5.97. The van der Waals surface area contributed by atoms with E-state index in [9.17, 15) is 4.79 Å². The van der Waals surface area contributed by atoms with Gasteiger partial charge in [0.05, 0.1) is 27.4 Å². The molecule has 1 aromatic heterocycles. The Kier molecular flexibility index (Phi) is 5.54. The van der Waals surface area contributed by atoms with Crippen LogP contribution >= 0.6 is 0 Å². The fraction of sp³-hybridized carbons (Fsp3) is 0.286. The molecule has 1 N–H and O–H groups in total. The molecule has 6 heteroatoms. The van der Waals surface area contributed by atoms with Crippen LogP contribution in [0.5, 0.6) is 17.2 Å². The van der Waals surface area contributed by atoms with Crippen molar-refractivity contribution in [2.75, 3.05) is 21.3 Å². The highest BCUT2D eigenvalue weighted by Crippen LogP contribution is 2.32. The summed E-state index contributed by atoms with van der Waals surface area (Å²) in [5.41, 5.74) is 1.49. The molecule has 3 aromatic rings. The number of nitrogens with one attached hydrogen (secondary N) is 1. The molecule has 1 unspecified atom stereocenters. The van der Waals surface area contributed by atoms with Gasteiger partial charge >= 0.3 is 0 Å². The monoisotopic (exact) mass is 369 g/mol. The van der Waals surface area contributed by atoms with Gasteiger partial charge in [-0.3, -0.25) is 4.79 Å². The zero-order valence-corrected chi connectivity index (χ0v) is 15.9. The van der Waals surface area contributed by atoms with Crippen molar-refractivity contribution in [1.29, 1.82) is 0 Å². The lowest BCUT2D eigenvalue weighted by Crippen LogP contribution is -2.27. The van der Waals surface area contributed by atoms with Crippen molar-refractivity contribution in [3.8, 4) is 17.2 Å². The first-order chi connectivity index (χ1) is 13.1. The van der Waals surface area contributed by atoms with E-state index in [1.165, 1.54) is 0 Å². The van der Waals surface area contributed by atoms with E-state index >= 15 is 0 Å². The molecule has 3 rings (SSSR count). The van der Waals surface area contributed by atoms with Gasteiger partial charge in [0.15, 0.2) is 28.6 Å². The Bertz CT molecular complexity index is 947. The van der Waals surface area contributed by atoms with Crippen LogP contribution in [0.1, 0.15) is 35.5 Å². The minimum Gasteiger partial charge on any atom is -0.493 e. The Morgan fingerprint density at radius 2 is 1.74 bits per heavy atom. The number of furan rings is 1. The Morgan fingerprint density at radius 1 is 1.00 bits per heavy atom. The van der Waals surface area contributed by atoms with Gasteiger partial charge in [-0.05, 0) is 36.2 Å². The normalized spacial score (nSPS) is 11.9. The van der Waals surface area contributed by atoms with E-state index in [0.717, 1.165) is 10.9 Å². The lowest BCUT2D eigenvalue weighted by atomic mass is 10.0. The van der Waals surface area contributed by atoms with E-state index in [2.05, 4.69) is 5.32 Å². The Balaban J connectivity index is 1.85. The highest BCUT2D eigenvalue weighted by Gasteiger charge is 2.20. The van der Waals surface area contributed by atoms with Crippen LogP contribution in [0.25, 0.3) is 11.0 Å². The quantitative estimate of drug-likeness (QED) is 0.671. The smallest absolute Gasteiger partial charge is 0.287 e. The maximum Gasteiger partial charge on any atom is 0.287 e. The number of amides is 1. The van der Waals surface area contributed by atoms with Crippen molar-refractivity contribution >= 4 is 16.9 Å². The number of hydrogen-bond acceptors (Lipinski definition) is 5. The van der Waals surface area contributed by atoms with E-state index in [-0.39, 0.29) is 17.7 Å². The molecule has 0 bridgehead atoms. The molecule has 0 aliphatic heterocycles. The van der Waals surface area contributed by atoms with E-state index in [0.29, 0.717) is 29.3 Å². The van der Waals surface area contributed by atoms with Gasteiger partial charge in [0.1, 0.15) is 0 Å². The SMILES string of the molecule is CCC(NC(=O)c1cc2cccc(OC)c2o1)c1ccc(OC)c(OC)c1. The summed E-state index contributed by atoms with van der Waals surface area (Å²) in [6.07, 6.45) is 0.713. The van der Waals surface area contributed by atoms with Crippen LogP contribution in [-0.4, -0.2) is 27.2 Å². The third kappa shape index (κ3) is 3.69. The van der Waals surface area contributed by atoms with Crippen molar-refractivity contribution in [3.05, 3.63) is 53.8 Å². The molecule has 27 heavy (non-hydrogen) atoms. The van der Waals surface area contributed by atoms with Crippen LogP contribution < -0.4 is 19.5 Å². The molecular formula is C21H23NO5. The maximum atomic E-state index is 12.7. The zero-order chi connectivity index (χ0) is 19.4. The first-order valence-corrected chi connectivity index (χ1v) is 8.70. The molecule has 2 aromatic carbocycles.